The number of benzene rings is 1. The van der Waals surface area contributed by atoms with Crippen LogP contribution in [0, 0.1) is 6.92 Å². The Bertz CT molecular complexity index is 680. The molecule has 3 rings (SSSR count). The van der Waals surface area contributed by atoms with Crippen molar-refractivity contribution in [2.75, 3.05) is 0 Å². The van der Waals surface area contributed by atoms with Crippen LogP contribution in [0.25, 0.3) is 0 Å². The van der Waals surface area contributed by atoms with E-state index in [0.29, 0.717) is 11.1 Å². The molecule has 100 valence electrons. The third-order valence-electron chi connectivity index (χ3n) is 3.27. The molecule has 0 aliphatic heterocycles. The highest BCUT2D eigenvalue weighted by Gasteiger charge is 2.39. The van der Waals surface area contributed by atoms with Crippen molar-refractivity contribution in [1.29, 1.82) is 0 Å². The molecular formula is C16H13FN2O. The first-order valence-corrected chi connectivity index (χ1v) is 6.27. The third-order valence-corrected chi connectivity index (χ3v) is 3.27. The van der Waals surface area contributed by atoms with Gasteiger partial charge in [-0.3, -0.25) is 0 Å². The molecule has 2 aromatic heterocycles. The Morgan fingerprint density at radius 1 is 1.00 bits per heavy atom. The number of halogens is 1. The first kappa shape index (κ1) is 12.5. The van der Waals surface area contributed by atoms with Gasteiger partial charge in [0.25, 0.3) is 0 Å². The van der Waals surface area contributed by atoms with Crippen LogP contribution in [-0.4, -0.2) is 9.97 Å². The van der Waals surface area contributed by atoms with Crippen molar-refractivity contribution in [2.45, 2.75) is 12.6 Å². The Morgan fingerprint density at radius 2 is 1.70 bits per heavy atom. The highest BCUT2D eigenvalue weighted by Crippen LogP contribution is 2.40. The number of hydrogen-bond acceptors (Lipinski definition) is 3. The molecule has 0 fully saturated rings. The van der Waals surface area contributed by atoms with Gasteiger partial charge in [-0.15, -0.1) is 0 Å². The lowest BCUT2D eigenvalue weighted by Crippen LogP contribution is -2.23. The quantitative estimate of drug-likeness (QED) is 0.728. The molecule has 1 atom stereocenters. The molecule has 1 aromatic carbocycles. The second-order valence-corrected chi connectivity index (χ2v) is 4.63. The minimum Gasteiger partial charge on any atom is -0.465 e. The highest BCUT2D eigenvalue weighted by atomic mass is 19.1. The molecule has 2 heterocycles. The minimum atomic E-state index is -1.89. The molecule has 0 N–H and O–H groups in total. The second-order valence-electron chi connectivity index (χ2n) is 4.63. The molecule has 0 saturated heterocycles. The standard InChI is InChI=1S/C16H13FN2O/c1-12-4-6-13(7-5-12)16(17,15-3-2-8-20-15)14-9-18-11-19-10-14/h2-11H,1H3. The third kappa shape index (κ3) is 1.99. The van der Waals surface area contributed by atoms with E-state index in [1.54, 1.807) is 24.3 Å². The fourth-order valence-electron chi connectivity index (χ4n) is 2.19. The van der Waals surface area contributed by atoms with E-state index in [4.69, 9.17) is 4.42 Å². The summed E-state index contributed by atoms with van der Waals surface area (Å²) >= 11 is 0. The zero-order chi connectivity index (χ0) is 14.0. The van der Waals surface area contributed by atoms with Gasteiger partial charge in [-0.2, -0.15) is 0 Å². The Balaban J connectivity index is 2.21. The number of aromatic nitrogens is 2. The van der Waals surface area contributed by atoms with Crippen molar-refractivity contribution in [2.24, 2.45) is 0 Å². The summed E-state index contributed by atoms with van der Waals surface area (Å²) in [6.07, 6.45) is 5.77. The average Bonchev–Trinajstić information content (AvgIpc) is 3.03. The van der Waals surface area contributed by atoms with Gasteiger partial charge in [-0.1, -0.05) is 29.8 Å². The monoisotopic (exact) mass is 268 g/mol. The van der Waals surface area contributed by atoms with Gasteiger partial charge in [0.15, 0.2) is 0 Å². The van der Waals surface area contributed by atoms with Crippen molar-refractivity contribution in [1.82, 2.24) is 9.97 Å². The lowest BCUT2D eigenvalue weighted by molar-refractivity contribution is 0.230. The van der Waals surface area contributed by atoms with Gasteiger partial charge in [0.1, 0.15) is 12.1 Å². The molecule has 4 heteroatoms. The van der Waals surface area contributed by atoms with Gasteiger partial charge in [0.05, 0.1) is 6.26 Å². The maximum atomic E-state index is 15.8. The highest BCUT2D eigenvalue weighted by molar-refractivity contribution is 5.42. The summed E-state index contributed by atoms with van der Waals surface area (Å²) in [6, 6.07) is 10.5. The lowest BCUT2D eigenvalue weighted by atomic mass is 9.87. The molecule has 1 unspecified atom stereocenters. The molecule has 0 radical (unpaired) electrons. The average molecular weight is 268 g/mol. The number of hydrogen-bond donors (Lipinski definition) is 0. The van der Waals surface area contributed by atoms with Crippen molar-refractivity contribution in [3.63, 3.8) is 0 Å². The molecule has 0 amide bonds. The first-order chi connectivity index (χ1) is 9.71. The summed E-state index contributed by atoms with van der Waals surface area (Å²) in [5.74, 6) is 0.219. The lowest BCUT2D eigenvalue weighted by Gasteiger charge is -2.23. The van der Waals surface area contributed by atoms with E-state index in [0.717, 1.165) is 5.56 Å². The number of furan rings is 1. The summed E-state index contributed by atoms with van der Waals surface area (Å²) in [5.41, 5.74) is 0.0184. The summed E-state index contributed by atoms with van der Waals surface area (Å²) < 4.78 is 21.1. The molecule has 0 aliphatic carbocycles. The molecular weight excluding hydrogens is 255 g/mol. The van der Waals surface area contributed by atoms with Crippen LogP contribution in [0.4, 0.5) is 4.39 Å². The van der Waals surface area contributed by atoms with Crippen LogP contribution in [0.2, 0.25) is 0 Å². The molecule has 3 aromatic rings. The Morgan fingerprint density at radius 3 is 2.30 bits per heavy atom. The van der Waals surface area contributed by atoms with Crippen LogP contribution in [0.3, 0.4) is 0 Å². The molecule has 0 aliphatic rings. The maximum absolute atomic E-state index is 15.8. The normalized spacial score (nSPS) is 13.9. The van der Waals surface area contributed by atoms with Crippen molar-refractivity contribution in [3.8, 4) is 0 Å². The fraction of sp³-hybridized carbons (Fsp3) is 0.125. The number of rotatable bonds is 3. The van der Waals surface area contributed by atoms with Crippen LogP contribution in [0.1, 0.15) is 22.5 Å². The van der Waals surface area contributed by atoms with E-state index in [1.807, 2.05) is 19.1 Å². The second kappa shape index (κ2) is 4.89. The SMILES string of the molecule is Cc1ccc(C(F)(c2cncnc2)c2ccco2)cc1. The zero-order valence-electron chi connectivity index (χ0n) is 11.0. The molecule has 0 spiro atoms. The van der Waals surface area contributed by atoms with Gasteiger partial charge < -0.3 is 4.42 Å². The summed E-state index contributed by atoms with van der Waals surface area (Å²) in [4.78, 5) is 7.82. The molecule has 0 bridgehead atoms. The maximum Gasteiger partial charge on any atom is 0.221 e. The van der Waals surface area contributed by atoms with Gasteiger partial charge >= 0.3 is 0 Å². The van der Waals surface area contributed by atoms with Crippen LogP contribution >= 0.6 is 0 Å². The number of aryl methyl sites for hydroxylation is 1. The largest absolute Gasteiger partial charge is 0.465 e. The zero-order valence-corrected chi connectivity index (χ0v) is 11.0. The van der Waals surface area contributed by atoms with Gasteiger partial charge in [0, 0.05) is 23.5 Å². The van der Waals surface area contributed by atoms with Crippen LogP contribution < -0.4 is 0 Å². The number of nitrogens with zero attached hydrogens (tertiary/aromatic N) is 2. The predicted molar refractivity (Wildman–Crippen MR) is 72.9 cm³/mol. The van der Waals surface area contributed by atoms with Crippen LogP contribution in [0.5, 0.6) is 0 Å². The van der Waals surface area contributed by atoms with Gasteiger partial charge in [-0.05, 0) is 19.1 Å². The van der Waals surface area contributed by atoms with E-state index in [9.17, 15) is 0 Å². The topological polar surface area (TPSA) is 38.9 Å². The summed E-state index contributed by atoms with van der Waals surface area (Å²) in [7, 11) is 0. The van der Waals surface area contributed by atoms with Gasteiger partial charge in [0.2, 0.25) is 5.67 Å². The minimum absolute atomic E-state index is 0.219. The van der Waals surface area contributed by atoms with Crippen molar-refractivity contribution < 1.29 is 8.81 Å². The Labute approximate surface area is 116 Å². The Hall–Kier alpha value is -2.49. The van der Waals surface area contributed by atoms with E-state index < -0.39 is 5.67 Å². The summed E-state index contributed by atoms with van der Waals surface area (Å²) in [5, 5.41) is 0. The summed E-state index contributed by atoms with van der Waals surface area (Å²) in [6.45, 7) is 1.96. The van der Waals surface area contributed by atoms with E-state index >= 15 is 4.39 Å². The first-order valence-electron chi connectivity index (χ1n) is 6.27. The Kier molecular flexibility index (Phi) is 3.06. The molecule has 0 saturated carbocycles. The predicted octanol–water partition coefficient (Wildman–Crippen LogP) is 3.64. The molecule has 3 nitrogen and oxygen atoms in total. The van der Waals surface area contributed by atoms with Gasteiger partial charge in [-0.25, -0.2) is 14.4 Å². The molecule has 20 heavy (non-hydrogen) atoms. The van der Waals surface area contributed by atoms with Crippen LogP contribution in [0.15, 0.2) is 65.8 Å². The van der Waals surface area contributed by atoms with Crippen molar-refractivity contribution >= 4 is 0 Å². The van der Waals surface area contributed by atoms with Crippen molar-refractivity contribution in [3.05, 3.63) is 83.8 Å². The van der Waals surface area contributed by atoms with E-state index in [2.05, 4.69) is 9.97 Å². The van der Waals surface area contributed by atoms with E-state index in [1.165, 1.54) is 25.0 Å². The smallest absolute Gasteiger partial charge is 0.221 e. The number of alkyl halides is 1. The van der Waals surface area contributed by atoms with E-state index in [-0.39, 0.29) is 5.76 Å². The fourth-order valence-corrected chi connectivity index (χ4v) is 2.19. The van der Waals surface area contributed by atoms with Crippen LogP contribution in [-0.2, 0) is 5.67 Å².